The number of nitrogens with zero attached hydrogens (tertiary/aromatic N) is 2. The first kappa shape index (κ1) is 12.7. The number of aromatic nitrogens is 2. The van der Waals surface area contributed by atoms with E-state index in [9.17, 15) is 0 Å². The lowest BCUT2D eigenvalue weighted by atomic mass is 9.96. The Labute approximate surface area is 108 Å². The van der Waals surface area contributed by atoms with Crippen LogP contribution in [0.1, 0.15) is 36.6 Å². The number of pyridine rings is 2. The van der Waals surface area contributed by atoms with Gasteiger partial charge in [0.25, 0.3) is 0 Å². The minimum Gasteiger partial charge on any atom is -0.306 e. The van der Waals surface area contributed by atoms with Crippen LogP contribution in [-0.2, 0) is 6.42 Å². The number of hydrogen-bond donors (Lipinski definition) is 1. The molecule has 1 atom stereocenters. The molecule has 2 aromatic heterocycles. The van der Waals surface area contributed by atoms with Gasteiger partial charge in [0, 0.05) is 24.8 Å². The summed E-state index contributed by atoms with van der Waals surface area (Å²) in [6, 6.07) is 6.38. The number of rotatable bonds is 5. The van der Waals surface area contributed by atoms with Crippen molar-refractivity contribution in [2.45, 2.75) is 26.3 Å². The fourth-order valence-corrected chi connectivity index (χ4v) is 2.17. The SMILES string of the molecule is CCNC(c1cccnc1)c1ccncc1CC. The van der Waals surface area contributed by atoms with Crippen molar-refractivity contribution in [1.29, 1.82) is 0 Å². The number of hydrogen-bond acceptors (Lipinski definition) is 3. The molecule has 94 valence electrons. The van der Waals surface area contributed by atoms with Crippen molar-refractivity contribution in [2.24, 2.45) is 0 Å². The van der Waals surface area contributed by atoms with E-state index < -0.39 is 0 Å². The summed E-state index contributed by atoms with van der Waals surface area (Å²) in [6.45, 7) is 5.20. The predicted octanol–water partition coefficient (Wildman–Crippen LogP) is 2.74. The zero-order valence-corrected chi connectivity index (χ0v) is 10.9. The van der Waals surface area contributed by atoms with Gasteiger partial charge in [0.05, 0.1) is 6.04 Å². The molecule has 0 fully saturated rings. The molecule has 0 aliphatic carbocycles. The quantitative estimate of drug-likeness (QED) is 0.874. The second-order valence-electron chi connectivity index (χ2n) is 4.21. The molecule has 0 aliphatic rings. The van der Waals surface area contributed by atoms with Gasteiger partial charge < -0.3 is 5.32 Å². The Hall–Kier alpha value is -1.74. The monoisotopic (exact) mass is 241 g/mol. The van der Waals surface area contributed by atoms with E-state index in [1.54, 1.807) is 6.20 Å². The number of aryl methyl sites for hydroxylation is 1. The van der Waals surface area contributed by atoms with Gasteiger partial charge >= 0.3 is 0 Å². The van der Waals surface area contributed by atoms with Crippen LogP contribution in [0.15, 0.2) is 43.0 Å². The predicted molar refractivity (Wildman–Crippen MR) is 73.4 cm³/mol. The summed E-state index contributed by atoms with van der Waals surface area (Å²) in [5, 5.41) is 3.52. The molecule has 18 heavy (non-hydrogen) atoms. The third-order valence-electron chi connectivity index (χ3n) is 3.06. The first-order valence-corrected chi connectivity index (χ1v) is 6.42. The van der Waals surface area contributed by atoms with Crippen LogP contribution in [-0.4, -0.2) is 16.5 Å². The van der Waals surface area contributed by atoms with Crippen LogP contribution < -0.4 is 5.32 Å². The van der Waals surface area contributed by atoms with E-state index in [0.29, 0.717) is 0 Å². The van der Waals surface area contributed by atoms with Crippen LogP contribution in [0, 0.1) is 0 Å². The molecule has 1 unspecified atom stereocenters. The van der Waals surface area contributed by atoms with E-state index in [-0.39, 0.29) is 6.04 Å². The Bertz CT molecular complexity index is 482. The van der Waals surface area contributed by atoms with Gasteiger partial charge in [0.2, 0.25) is 0 Å². The molecule has 0 amide bonds. The third-order valence-corrected chi connectivity index (χ3v) is 3.06. The molecule has 3 nitrogen and oxygen atoms in total. The van der Waals surface area contributed by atoms with Crippen molar-refractivity contribution in [3.8, 4) is 0 Å². The Morgan fingerprint density at radius 3 is 2.61 bits per heavy atom. The highest BCUT2D eigenvalue weighted by Crippen LogP contribution is 2.24. The standard InChI is InChI=1S/C15H19N3/c1-3-12-10-17-9-7-14(12)15(18-4-2)13-6-5-8-16-11-13/h5-11,15,18H,3-4H2,1-2H3. The molecule has 2 rings (SSSR count). The molecular weight excluding hydrogens is 222 g/mol. The summed E-state index contributed by atoms with van der Waals surface area (Å²) < 4.78 is 0. The van der Waals surface area contributed by atoms with Crippen molar-refractivity contribution in [2.75, 3.05) is 6.54 Å². The molecule has 0 saturated heterocycles. The van der Waals surface area contributed by atoms with Crippen molar-refractivity contribution in [3.63, 3.8) is 0 Å². The number of nitrogens with one attached hydrogen (secondary N) is 1. The van der Waals surface area contributed by atoms with Gasteiger partial charge in [0.15, 0.2) is 0 Å². The average molecular weight is 241 g/mol. The summed E-state index contributed by atoms with van der Waals surface area (Å²) in [5.41, 5.74) is 3.77. The van der Waals surface area contributed by atoms with Crippen molar-refractivity contribution < 1.29 is 0 Å². The second kappa shape index (κ2) is 6.26. The lowest BCUT2D eigenvalue weighted by molar-refractivity contribution is 0.622. The van der Waals surface area contributed by atoms with Crippen LogP contribution in [0.3, 0.4) is 0 Å². The third kappa shape index (κ3) is 2.74. The van der Waals surface area contributed by atoms with Crippen LogP contribution in [0.5, 0.6) is 0 Å². The summed E-state index contributed by atoms with van der Waals surface area (Å²) in [6.07, 6.45) is 8.53. The highest BCUT2D eigenvalue weighted by molar-refractivity contribution is 5.34. The minimum atomic E-state index is 0.196. The Morgan fingerprint density at radius 2 is 1.94 bits per heavy atom. The van der Waals surface area contributed by atoms with Gasteiger partial charge in [-0.3, -0.25) is 9.97 Å². The maximum Gasteiger partial charge on any atom is 0.0595 e. The van der Waals surface area contributed by atoms with Crippen LogP contribution >= 0.6 is 0 Å². The van der Waals surface area contributed by atoms with Crippen LogP contribution in [0.25, 0.3) is 0 Å². The lowest BCUT2D eigenvalue weighted by Gasteiger charge is -2.20. The fraction of sp³-hybridized carbons (Fsp3) is 0.333. The first-order chi connectivity index (χ1) is 8.86. The minimum absolute atomic E-state index is 0.196. The summed E-state index contributed by atoms with van der Waals surface area (Å²) in [5.74, 6) is 0. The molecule has 0 spiro atoms. The normalized spacial score (nSPS) is 12.3. The van der Waals surface area contributed by atoms with Crippen LogP contribution in [0.4, 0.5) is 0 Å². The topological polar surface area (TPSA) is 37.8 Å². The van der Waals surface area contributed by atoms with E-state index >= 15 is 0 Å². The zero-order valence-electron chi connectivity index (χ0n) is 10.9. The van der Waals surface area contributed by atoms with Gasteiger partial charge in [-0.15, -0.1) is 0 Å². The molecule has 2 heterocycles. The van der Waals surface area contributed by atoms with Crippen LogP contribution in [0.2, 0.25) is 0 Å². The van der Waals surface area contributed by atoms with E-state index in [0.717, 1.165) is 13.0 Å². The maximum atomic E-state index is 4.21. The fourth-order valence-electron chi connectivity index (χ4n) is 2.17. The molecule has 0 radical (unpaired) electrons. The van der Waals surface area contributed by atoms with Crippen molar-refractivity contribution in [1.82, 2.24) is 15.3 Å². The molecule has 3 heteroatoms. The van der Waals surface area contributed by atoms with Gasteiger partial charge in [0.1, 0.15) is 0 Å². The molecule has 1 N–H and O–H groups in total. The van der Waals surface area contributed by atoms with E-state index in [1.807, 2.05) is 24.7 Å². The molecule has 0 bridgehead atoms. The van der Waals surface area contributed by atoms with E-state index in [4.69, 9.17) is 0 Å². The first-order valence-electron chi connectivity index (χ1n) is 6.42. The molecule has 0 saturated carbocycles. The largest absolute Gasteiger partial charge is 0.306 e. The smallest absolute Gasteiger partial charge is 0.0595 e. The molecule has 0 aromatic carbocycles. The van der Waals surface area contributed by atoms with Gasteiger partial charge in [-0.05, 0) is 41.8 Å². The molecular formula is C15H19N3. The van der Waals surface area contributed by atoms with Crippen molar-refractivity contribution in [3.05, 3.63) is 59.7 Å². The van der Waals surface area contributed by atoms with Gasteiger partial charge in [-0.25, -0.2) is 0 Å². The highest BCUT2D eigenvalue weighted by atomic mass is 14.9. The van der Waals surface area contributed by atoms with Gasteiger partial charge in [-0.1, -0.05) is 19.9 Å². The van der Waals surface area contributed by atoms with Crippen molar-refractivity contribution >= 4 is 0 Å². The molecule has 0 aliphatic heterocycles. The Kier molecular flexibility index (Phi) is 4.42. The second-order valence-corrected chi connectivity index (χ2v) is 4.21. The lowest BCUT2D eigenvalue weighted by Crippen LogP contribution is -2.23. The summed E-state index contributed by atoms with van der Waals surface area (Å²) in [7, 11) is 0. The summed E-state index contributed by atoms with van der Waals surface area (Å²) >= 11 is 0. The Morgan fingerprint density at radius 1 is 1.11 bits per heavy atom. The summed E-state index contributed by atoms with van der Waals surface area (Å²) in [4.78, 5) is 8.42. The molecule has 2 aromatic rings. The Balaban J connectivity index is 2.41. The zero-order chi connectivity index (χ0) is 12.8. The average Bonchev–Trinajstić information content (AvgIpc) is 2.46. The van der Waals surface area contributed by atoms with E-state index in [2.05, 4.69) is 41.3 Å². The van der Waals surface area contributed by atoms with E-state index in [1.165, 1.54) is 16.7 Å². The highest BCUT2D eigenvalue weighted by Gasteiger charge is 2.15. The van der Waals surface area contributed by atoms with Gasteiger partial charge in [-0.2, -0.15) is 0 Å². The maximum absolute atomic E-state index is 4.21.